The van der Waals surface area contributed by atoms with E-state index < -0.39 is 32.6 Å². The van der Waals surface area contributed by atoms with Crippen molar-refractivity contribution >= 4 is 21.6 Å². The van der Waals surface area contributed by atoms with E-state index in [0.717, 1.165) is 30.9 Å². The van der Waals surface area contributed by atoms with Crippen LogP contribution in [0.2, 0.25) is 0 Å². The number of nitro groups is 1. The first-order chi connectivity index (χ1) is 15.7. The Hall–Kier alpha value is -2.98. The zero-order valence-corrected chi connectivity index (χ0v) is 19.8. The van der Waals surface area contributed by atoms with Crippen LogP contribution in [0, 0.1) is 10.1 Å². The molecule has 33 heavy (non-hydrogen) atoms. The number of ether oxygens (including phenoxy) is 1. The molecule has 0 aliphatic heterocycles. The summed E-state index contributed by atoms with van der Waals surface area (Å²) in [4.78, 5) is 23.5. The summed E-state index contributed by atoms with van der Waals surface area (Å²) in [6, 6.07) is 11.3. The van der Waals surface area contributed by atoms with Crippen LogP contribution in [0.4, 0.5) is 5.69 Å². The maximum atomic E-state index is 12.8. The second-order valence-electron chi connectivity index (χ2n) is 7.89. The van der Waals surface area contributed by atoms with Crippen molar-refractivity contribution in [1.82, 2.24) is 9.62 Å². The molecule has 2 aromatic rings. The van der Waals surface area contributed by atoms with Crippen molar-refractivity contribution in [3.8, 4) is 5.75 Å². The first-order valence-electron chi connectivity index (χ1n) is 11.0. The summed E-state index contributed by atoms with van der Waals surface area (Å²) >= 11 is 0. The molecule has 0 saturated heterocycles. The van der Waals surface area contributed by atoms with E-state index in [2.05, 4.69) is 5.32 Å². The number of rotatable bonds is 9. The monoisotopic (exact) mass is 475 g/mol. The molecule has 0 unspecified atom stereocenters. The van der Waals surface area contributed by atoms with Crippen LogP contribution in [0.5, 0.6) is 5.75 Å². The van der Waals surface area contributed by atoms with Crippen molar-refractivity contribution in [3.05, 3.63) is 63.7 Å². The van der Waals surface area contributed by atoms with Gasteiger partial charge in [-0.25, -0.2) is 8.42 Å². The van der Waals surface area contributed by atoms with Crippen LogP contribution in [-0.2, 0) is 21.2 Å². The average molecular weight is 476 g/mol. The van der Waals surface area contributed by atoms with Crippen molar-refractivity contribution < 1.29 is 22.9 Å². The molecule has 0 spiro atoms. The molecule has 0 aromatic heterocycles. The van der Waals surface area contributed by atoms with E-state index >= 15 is 0 Å². The molecule has 1 aliphatic rings. The third-order valence-electron chi connectivity index (χ3n) is 5.83. The van der Waals surface area contributed by atoms with Gasteiger partial charge in [0.1, 0.15) is 0 Å². The Morgan fingerprint density at radius 2 is 1.94 bits per heavy atom. The van der Waals surface area contributed by atoms with Crippen LogP contribution in [0.1, 0.15) is 50.8 Å². The number of benzene rings is 2. The highest BCUT2D eigenvalue weighted by Crippen LogP contribution is 2.32. The lowest BCUT2D eigenvalue weighted by molar-refractivity contribution is -0.386. The topological polar surface area (TPSA) is 119 Å². The van der Waals surface area contributed by atoms with Crippen LogP contribution >= 0.6 is 0 Å². The van der Waals surface area contributed by atoms with Gasteiger partial charge in [0.2, 0.25) is 10.0 Å². The molecule has 10 heteroatoms. The van der Waals surface area contributed by atoms with Gasteiger partial charge in [-0.1, -0.05) is 38.1 Å². The number of nitrogens with zero attached hydrogens (tertiary/aromatic N) is 2. The number of fused-ring (bicyclic) bond motifs is 1. The Bertz CT molecular complexity index is 1130. The minimum atomic E-state index is -3.87. The summed E-state index contributed by atoms with van der Waals surface area (Å²) in [6.07, 6.45) is 1.70. The zero-order valence-electron chi connectivity index (χ0n) is 19.0. The SMILES string of the molecule is CCN(CC)S(=O)(=O)c1ccc(O[C@@H](C)C(=O)N[C@@H]2CCCc3ccccc32)c([N+](=O)[O-])c1. The predicted octanol–water partition coefficient (Wildman–Crippen LogP) is 3.59. The highest BCUT2D eigenvalue weighted by atomic mass is 32.2. The molecule has 9 nitrogen and oxygen atoms in total. The van der Waals surface area contributed by atoms with Crippen molar-refractivity contribution in [2.24, 2.45) is 0 Å². The third-order valence-corrected chi connectivity index (χ3v) is 7.88. The Morgan fingerprint density at radius 3 is 2.61 bits per heavy atom. The van der Waals surface area contributed by atoms with Gasteiger partial charge in [0, 0.05) is 19.2 Å². The van der Waals surface area contributed by atoms with E-state index in [-0.39, 0.29) is 29.8 Å². The van der Waals surface area contributed by atoms with Gasteiger partial charge in [-0.15, -0.1) is 0 Å². The Balaban J connectivity index is 1.79. The maximum absolute atomic E-state index is 12.8. The van der Waals surface area contributed by atoms with Gasteiger partial charge in [-0.3, -0.25) is 14.9 Å². The van der Waals surface area contributed by atoms with Crippen molar-refractivity contribution in [2.75, 3.05) is 13.1 Å². The van der Waals surface area contributed by atoms with Crippen LogP contribution in [0.15, 0.2) is 47.4 Å². The number of carbonyl (C=O) groups is 1. The molecule has 0 bridgehead atoms. The summed E-state index contributed by atoms with van der Waals surface area (Å²) < 4.78 is 32.3. The number of nitro benzene ring substituents is 1. The van der Waals surface area contributed by atoms with Gasteiger partial charge in [-0.05, 0) is 49.4 Å². The van der Waals surface area contributed by atoms with Gasteiger partial charge in [-0.2, -0.15) is 4.31 Å². The van der Waals surface area contributed by atoms with Crippen LogP contribution in [0.3, 0.4) is 0 Å². The van der Waals surface area contributed by atoms with Gasteiger partial charge in [0.05, 0.1) is 15.9 Å². The van der Waals surface area contributed by atoms with Crippen molar-refractivity contribution in [1.29, 1.82) is 0 Å². The fourth-order valence-corrected chi connectivity index (χ4v) is 5.53. The lowest BCUT2D eigenvalue weighted by Gasteiger charge is -2.27. The third kappa shape index (κ3) is 5.33. The highest BCUT2D eigenvalue weighted by Gasteiger charge is 2.29. The van der Waals surface area contributed by atoms with Gasteiger partial charge >= 0.3 is 5.69 Å². The molecule has 0 saturated carbocycles. The number of hydrogen-bond acceptors (Lipinski definition) is 6. The Kier molecular flexibility index (Phi) is 7.70. The van der Waals surface area contributed by atoms with Gasteiger partial charge < -0.3 is 10.1 Å². The molecule has 0 heterocycles. The minimum absolute atomic E-state index is 0.148. The van der Waals surface area contributed by atoms with Crippen LogP contribution in [0.25, 0.3) is 0 Å². The minimum Gasteiger partial charge on any atom is -0.474 e. The summed E-state index contributed by atoms with van der Waals surface area (Å²) in [7, 11) is -3.87. The van der Waals surface area contributed by atoms with Gasteiger partial charge in [0.25, 0.3) is 5.91 Å². The summed E-state index contributed by atoms with van der Waals surface area (Å²) in [5.41, 5.74) is 1.76. The number of sulfonamides is 1. The number of aryl methyl sites for hydroxylation is 1. The molecule has 1 N–H and O–H groups in total. The second kappa shape index (κ2) is 10.3. The number of hydrogen-bond donors (Lipinski definition) is 1. The highest BCUT2D eigenvalue weighted by molar-refractivity contribution is 7.89. The van der Waals surface area contributed by atoms with E-state index in [1.165, 1.54) is 28.9 Å². The molecular formula is C23H29N3O6S. The molecule has 3 rings (SSSR count). The normalized spacial score (nSPS) is 16.7. The van der Waals surface area contributed by atoms with Crippen LogP contribution < -0.4 is 10.1 Å². The molecular weight excluding hydrogens is 446 g/mol. The average Bonchev–Trinajstić information content (AvgIpc) is 2.79. The molecule has 178 valence electrons. The van der Waals surface area contributed by atoms with E-state index in [1.807, 2.05) is 24.3 Å². The van der Waals surface area contributed by atoms with Crippen LogP contribution in [-0.4, -0.2) is 42.7 Å². The molecule has 2 aromatic carbocycles. The largest absolute Gasteiger partial charge is 0.474 e. The Labute approximate surface area is 193 Å². The lowest BCUT2D eigenvalue weighted by atomic mass is 9.87. The fraction of sp³-hybridized carbons (Fsp3) is 0.435. The van der Waals surface area contributed by atoms with E-state index in [9.17, 15) is 23.3 Å². The van der Waals surface area contributed by atoms with Gasteiger partial charge in [0.15, 0.2) is 11.9 Å². The number of nitrogens with one attached hydrogen (secondary N) is 1. The summed E-state index contributed by atoms with van der Waals surface area (Å²) in [5, 5.41) is 14.6. The smallest absolute Gasteiger partial charge is 0.312 e. The lowest BCUT2D eigenvalue weighted by Crippen LogP contribution is -2.39. The fourth-order valence-electron chi connectivity index (χ4n) is 4.05. The summed E-state index contributed by atoms with van der Waals surface area (Å²) in [6.45, 7) is 5.38. The summed E-state index contributed by atoms with van der Waals surface area (Å²) in [5.74, 6) is -0.559. The van der Waals surface area contributed by atoms with E-state index in [4.69, 9.17) is 4.74 Å². The quantitative estimate of drug-likeness (QED) is 0.437. The molecule has 1 aliphatic carbocycles. The molecule has 2 atom stereocenters. The van der Waals surface area contributed by atoms with E-state index in [0.29, 0.717) is 0 Å². The molecule has 1 amide bonds. The zero-order chi connectivity index (χ0) is 24.2. The van der Waals surface area contributed by atoms with Crippen molar-refractivity contribution in [3.63, 3.8) is 0 Å². The molecule has 0 fully saturated rings. The Morgan fingerprint density at radius 1 is 1.24 bits per heavy atom. The second-order valence-corrected chi connectivity index (χ2v) is 9.83. The van der Waals surface area contributed by atoms with E-state index in [1.54, 1.807) is 13.8 Å². The first-order valence-corrected chi connectivity index (χ1v) is 12.5. The maximum Gasteiger partial charge on any atom is 0.312 e. The predicted molar refractivity (Wildman–Crippen MR) is 124 cm³/mol. The number of amides is 1. The van der Waals surface area contributed by atoms with Crippen molar-refractivity contribution in [2.45, 2.75) is 57.1 Å². The first kappa shape index (κ1) is 24.7. The number of carbonyl (C=O) groups excluding carboxylic acids is 1. The molecule has 0 radical (unpaired) electrons. The standard InChI is InChI=1S/C23H29N3O6S/c1-4-25(5-2)33(30,31)18-13-14-22(21(15-18)26(28)29)32-16(3)23(27)24-20-12-8-10-17-9-6-7-11-19(17)20/h6-7,9,11,13-16,20H,4-5,8,10,12H2,1-3H3,(H,24,27)/t16-,20+/m0/s1.